The summed E-state index contributed by atoms with van der Waals surface area (Å²) >= 11 is 2.12. The molecule has 0 saturated carbocycles. The fourth-order valence-corrected chi connectivity index (χ4v) is 6.19. The van der Waals surface area contributed by atoms with E-state index in [1.54, 1.807) is 12.1 Å². The summed E-state index contributed by atoms with van der Waals surface area (Å²) < 4.78 is 10.4. The largest absolute Gasteiger partial charge is 0.488 e. The highest BCUT2D eigenvalue weighted by molar-refractivity contribution is 14.1. The number of rotatable bonds is 10. The monoisotopic (exact) mass is 605 g/mol. The number of carbonyl (C=O) groups is 3. The zero-order valence-corrected chi connectivity index (χ0v) is 22.5. The van der Waals surface area contributed by atoms with Crippen molar-refractivity contribution in [2.24, 2.45) is 11.7 Å². The van der Waals surface area contributed by atoms with Crippen molar-refractivity contribution in [1.29, 1.82) is 0 Å². The van der Waals surface area contributed by atoms with Gasteiger partial charge in [0.2, 0.25) is 5.91 Å². The highest BCUT2D eigenvalue weighted by Gasteiger charge is 2.43. The molecule has 4 rings (SSSR count). The number of hydrogen-bond donors (Lipinski definition) is 2. The lowest BCUT2D eigenvalue weighted by atomic mass is 9.91. The van der Waals surface area contributed by atoms with Crippen molar-refractivity contribution < 1.29 is 23.9 Å². The van der Waals surface area contributed by atoms with Crippen LogP contribution in [0.1, 0.15) is 56.8 Å². The second-order valence-corrected chi connectivity index (χ2v) is 10.5. The number of esters is 1. The van der Waals surface area contributed by atoms with Crippen molar-refractivity contribution >= 4 is 40.4 Å². The van der Waals surface area contributed by atoms with Gasteiger partial charge in [-0.3, -0.25) is 14.4 Å². The number of nitrogens with two attached hydrogens (primary N) is 1. The highest BCUT2D eigenvalue weighted by atomic mass is 127. The van der Waals surface area contributed by atoms with E-state index < -0.39 is 22.0 Å². The molecule has 1 saturated heterocycles. The van der Waals surface area contributed by atoms with Crippen molar-refractivity contribution in [3.63, 3.8) is 0 Å². The summed E-state index contributed by atoms with van der Waals surface area (Å²) in [5, 5.41) is 3.41. The van der Waals surface area contributed by atoms with Crippen LogP contribution in [0.5, 0.6) is 5.75 Å². The number of fused-ring (bicyclic) bond motifs is 1. The van der Waals surface area contributed by atoms with Gasteiger partial charge in [0.25, 0.3) is 5.91 Å². The molecule has 3 N–H and O–H groups in total. The molecule has 0 spiro atoms. The minimum Gasteiger partial charge on any atom is -0.488 e. The van der Waals surface area contributed by atoms with E-state index in [2.05, 4.69) is 56.9 Å². The summed E-state index contributed by atoms with van der Waals surface area (Å²) in [5.41, 5.74) is 9.20. The number of hydrogen-bond acceptors (Lipinski definition) is 6. The molecule has 1 fully saturated rings. The Morgan fingerprint density at radius 2 is 1.83 bits per heavy atom. The molecular formula is C27H32IN3O5. The molecular weight excluding hydrogens is 573 g/mol. The number of methoxy groups -OCH3 is 1. The molecule has 0 aliphatic carbocycles. The number of alkyl halides is 1. The van der Waals surface area contributed by atoms with E-state index in [0.29, 0.717) is 17.9 Å². The van der Waals surface area contributed by atoms with Crippen molar-refractivity contribution in [2.75, 3.05) is 20.2 Å². The second-order valence-electron chi connectivity index (χ2n) is 9.30. The third kappa shape index (κ3) is 6.00. The second kappa shape index (κ2) is 12.1. The predicted molar refractivity (Wildman–Crippen MR) is 144 cm³/mol. The predicted octanol–water partition coefficient (Wildman–Crippen LogP) is 3.50. The van der Waals surface area contributed by atoms with Gasteiger partial charge < -0.3 is 25.4 Å². The molecule has 2 aromatic carbocycles. The Kier molecular flexibility index (Phi) is 8.84. The molecule has 0 aromatic heterocycles. The van der Waals surface area contributed by atoms with Gasteiger partial charge in [0.05, 0.1) is 7.11 Å². The van der Waals surface area contributed by atoms with Crippen molar-refractivity contribution in [3.8, 4) is 5.75 Å². The zero-order valence-electron chi connectivity index (χ0n) is 20.4. The Morgan fingerprint density at radius 3 is 2.50 bits per heavy atom. The molecule has 9 heteroatoms. The minimum absolute atomic E-state index is 0.00935. The summed E-state index contributed by atoms with van der Waals surface area (Å²) in [4.78, 5) is 38.5. The van der Waals surface area contributed by atoms with Gasteiger partial charge in [-0.15, -0.1) is 0 Å². The van der Waals surface area contributed by atoms with E-state index in [9.17, 15) is 14.4 Å². The number of ether oxygens (including phenoxy) is 2. The van der Waals surface area contributed by atoms with Crippen LogP contribution in [-0.4, -0.2) is 48.9 Å². The molecule has 2 unspecified atom stereocenters. The molecule has 2 aliphatic rings. The topological polar surface area (TPSA) is 111 Å². The Bertz CT molecular complexity index is 1100. The fourth-order valence-electron chi connectivity index (χ4n) is 4.91. The molecule has 2 aromatic rings. The maximum Gasteiger partial charge on any atom is 0.305 e. The van der Waals surface area contributed by atoms with E-state index in [-0.39, 0.29) is 18.7 Å². The number of piperidine rings is 1. The summed E-state index contributed by atoms with van der Waals surface area (Å²) in [7, 11) is 1.28. The van der Waals surface area contributed by atoms with Gasteiger partial charge in [0, 0.05) is 17.5 Å². The van der Waals surface area contributed by atoms with Crippen molar-refractivity contribution in [3.05, 3.63) is 64.7 Å². The van der Waals surface area contributed by atoms with E-state index in [0.717, 1.165) is 36.6 Å². The Morgan fingerprint density at radius 1 is 1.14 bits per heavy atom. The number of carbonyl (C=O) groups excluding carboxylic acids is 3. The molecule has 36 heavy (non-hydrogen) atoms. The first kappa shape index (κ1) is 26.4. The van der Waals surface area contributed by atoms with E-state index in [1.165, 1.54) is 30.4 Å². The number of primary amides is 1. The average molecular weight is 605 g/mol. The molecule has 8 nitrogen and oxygen atoms in total. The average Bonchev–Trinajstić information content (AvgIpc) is 3.14. The van der Waals surface area contributed by atoms with Crippen LogP contribution < -0.4 is 15.8 Å². The lowest BCUT2D eigenvalue weighted by molar-refractivity contribution is -0.141. The molecule has 2 amide bonds. The number of halogens is 1. The SMILES string of the molecule is COC(=O)CCC(C(N)=O)N1C(=O)c2cccc(OCc3ccc(CC4CCNCC4)cc3)c2C1I. The summed E-state index contributed by atoms with van der Waals surface area (Å²) in [6, 6.07) is 12.9. The molecule has 0 radical (unpaired) electrons. The Labute approximate surface area is 225 Å². The fraction of sp³-hybridized carbons (Fsp3) is 0.444. The lowest BCUT2D eigenvalue weighted by Crippen LogP contribution is -2.45. The van der Waals surface area contributed by atoms with Crippen LogP contribution in [-0.2, 0) is 27.4 Å². The van der Waals surface area contributed by atoms with Gasteiger partial charge in [0.1, 0.15) is 22.4 Å². The van der Waals surface area contributed by atoms with E-state index in [1.807, 2.05) is 6.07 Å². The van der Waals surface area contributed by atoms with Crippen LogP contribution in [0.2, 0.25) is 0 Å². The van der Waals surface area contributed by atoms with Gasteiger partial charge in [-0.1, -0.05) is 52.9 Å². The maximum atomic E-state index is 13.2. The number of nitrogens with one attached hydrogen (secondary N) is 1. The first-order valence-electron chi connectivity index (χ1n) is 12.3. The number of amides is 2. The standard InChI is InChI=1S/C27H32IN3O5/c1-35-23(32)10-9-21(26(29)33)31-25(28)24-20(27(31)34)3-2-4-22(24)36-16-19-7-5-17(6-8-19)15-18-11-13-30-14-12-18/h2-8,18,21,25,30H,9-16H2,1H3,(H2,29,33). The smallest absolute Gasteiger partial charge is 0.305 e. The Balaban J connectivity index is 1.44. The van der Waals surface area contributed by atoms with E-state index >= 15 is 0 Å². The van der Waals surface area contributed by atoms with Crippen molar-refractivity contribution in [1.82, 2.24) is 10.2 Å². The molecule has 2 aliphatic heterocycles. The minimum atomic E-state index is -0.925. The summed E-state index contributed by atoms with van der Waals surface area (Å²) in [5.74, 6) is -0.0864. The summed E-state index contributed by atoms with van der Waals surface area (Å²) in [6.07, 6.45) is 3.62. The lowest BCUT2D eigenvalue weighted by Gasteiger charge is -2.28. The van der Waals surface area contributed by atoms with Crippen LogP contribution >= 0.6 is 22.6 Å². The maximum absolute atomic E-state index is 13.2. The van der Waals surface area contributed by atoms with Gasteiger partial charge in [0.15, 0.2) is 0 Å². The van der Waals surface area contributed by atoms with Gasteiger partial charge in [-0.05, 0) is 68.0 Å². The first-order valence-corrected chi connectivity index (χ1v) is 13.5. The van der Waals surface area contributed by atoms with Gasteiger partial charge in [-0.2, -0.15) is 0 Å². The molecule has 2 atom stereocenters. The van der Waals surface area contributed by atoms with Crippen LogP contribution in [0, 0.1) is 5.92 Å². The molecule has 0 bridgehead atoms. The summed E-state index contributed by atoms with van der Waals surface area (Å²) in [6.45, 7) is 2.56. The third-order valence-corrected chi connectivity index (χ3v) is 8.15. The van der Waals surface area contributed by atoms with Gasteiger partial charge in [-0.25, -0.2) is 0 Å². The highest BCUT2D eigenvalue weighted by Crippen LogP contribution is 2.45. The zero-order chi connectivity index (χ0) is 25.7. The van der Waals surface area contributed by atoms with Crippen LogP contribution in [0.15, 0.2) is 42.5 Å². The van der Waals surface area contributed by atoms with Crippen LogP contribution in [0.4, 0.5) is 0 Å². The normalized spacial score (nSPS) is 18.6. The van der Waals surface area contributed by atoms with Crippen LogP contribution in [0.3, 0.4) is 0 Å². The Hall–Kier alpha value is -2.66. The number of nitrogens with zero attached hydrogens (tertiary/aromatic N) is 1. The quantitative estimate of drug-likeness (QED) is 0.186. The molecule has 2 heterocycles. The third-order valence-electron chi connectivity index (χ3n) is 6.93. The molecule has 192 valence electrons. The van der Waals surface area contributed by atoms with Crippen LogP contribution in [0.25, 0.3) is 0 Å². The van der Waals surface area contributed by atoms with Crippen molar-refractivity contribution in [2.45, 2.75) is 48.8 Å². The van der Waals surface area contributed by atoms with E-state index in [4.69, 9.17) is 10.5 Å². The first-order chi connectivity index (χ1) is 17.4. The van der Waals surface area contributed by atoms with Gasteiger partial charge >= 0.3 is 5.97 Å². The number of benzene rings is 2.